The third-order valence-electron chi connectivity index (χ3n) is 3.35. The van der Waals surface area contributed by atoms with Gasteiger partial charge in [-0.25, -0.2) is 4.98 Å². The first-order valence-corrected chi connectivity index (χ1v) is 7.52. The van der Waals surface area contributed by atoms with E-state index in [-0.39, 0.29) is 17.8 Å². The van der Waals surface area contributed by atoms with Gasteiger partial charge in [0.25, 0.3) is 5.91 Å². The number of nitrogens with two attached hydrogens (primary N) is 2. The Morgan fingerprint density at radius 2 is 2.48 bits per heavy atom. The second-order valence-corrected chi connectivity index (χ2v) is 5.95. The molecule has 21 heavy (non-hydrogen) atoms. The van der Waals surface area contributed by atoms with Crippen LogP contribution in [0.2, 0.25) is 0 Å². The topological polar surface area (TPSA) is 110 Å². The summed E-state index contributed by atoms with van der Waals surface area (Å²) in [5.74, 6) is 0.709. The molecule has 7 nitrogen and oxygen atoms in total. The maximum absolute atomic E-state index is 12.1. The van der Waals surface area contributed by atoms with E-state index in [0.717, 1.165) is 24.6 Å². The van der Waals surface area contributed by atoms with Crippen LogP contribution in [0.3, 0.4) is 0 Å². The van der Waals surface area contributed by atoms with E-state index in [9.17, 15) is 4.79 Å². The molecule has 5 N–H and O–H groups in total. The SMILES string of the molecule is Nc1nc(N2CCC(N)C2)sc1C(=O)NCc1ccco1. The lowest BCUT2D eigenvalue weighted by Crippen LogP contribution is -2.26. The van der Waals surface area contributed by atoms with Crippen LogP contribution in [0.5, 0.6) is 0 Å². The summed E-state index contributed by atoms with van der Waals surface area (Å²) in [6, 6.07) is 3.73. The number of furan rings is 1. The van der Waals surface area contributed by atoms with Crippen molar-refractivity contribution in [1.82, 2.24) is 10.3 Å². The molecule has 3 heterocycles. The summed E-state index contributed by atoms with van der Waals surface area (Å²) >= 11 is 1.30. The Bertz CT molecular complexity index is 625. The molecule has 3 rings (SSSR count). The first-order chi connectivity index (χ1) is 10.1. The van der Waals surface area contributed by atoms with Crippen LogP contribution >= 0.6 is 11.3 Å². The molecule has 1 aliphatic rings. The molecular weight excluding hydrogens is 290 g/mol. The van der Waals surface area contributed by atoms with Gasteiger partial charge in [0, 0.05) is 19.1 Å². The first kappa shape index (κ1) is 13.9. The Morgan fingerprint density at radius 3 is 3.14 bits per heavy atom. The van der Waals surface area contributed by atoms with Crippen molar-refractivity contribution in [2.24, 2.45) is 5.73 Å². The van der Waals surface area contributed by atoms with E-state index < -0.39 is 0 Å². The Kier molecular flexibility index (Phi) is 3.80. The number of nitrogen functional groups attached to an aromatic ring is 1. The average Bonchev–Trinajstić information content (AvgIpc) is 3.16. The van der Waals surface area contributed by atoms with Crippen LogP contribution in [0.25, 0.3) is 0 Å². The van der Waals surface area contributed by atoms with E-state index in [4.69, 9.17) is 15.9 Å². The standard InChI is InChI=1S/C13H17N5O2S/c14-8-3-4-18(7-8)13-17-11(15)10(21-13)12(19)16-6-9-2-1-5-20-9/h1-2,5,8H,3-4,6-7,14-15H2,(H,16,19). The molecular formula is C13H17N5O2S. The lowest BCUT2D eigenvalue weighted by Gasteiger charge is -2.12. The van der Waals surface area contributed by atoms with E-state index in [2.05, 4.69) is 15.2 Å². The van der Waals surface area contributed by atoms with Gasteiger partial charge < -0.3 is 26.1 Å². The van der Waals surface area contributed by atoms with E-state index in [1.807, 2.05) is 0 Å². The van der Waals surface area contributed by atoms with Crippen molar-refractivity contribution < 1.29 is 9.21 Å². The Morgan fingerprint density at radius 1 is 1.62 bits per heavy atom. The second kappa shape index (κ2) is 5.74. The third kappa shape index (κ3) is 3.01. The molecule has 0 radical (unpaired) electrons. The van der Waals surface area contributed by atoms with Crippen LogP contribution in [-0.2, 0) is 6.54 Å². The Balaban J connectivity index is 1.67. The molecule has 1 saturated heterocycles. The lowest BCUT2D eigenvalue weighted by molar-refractivity contribution is 0.0953. The van der Waals surface area contributed by atoms with Gasteiger partial charge >= 0.3 is 0 Å². The minimum atomic E-state index is -0.240. The number of carbonyl (C=O) groups is 1. The van der Waals surface area contributed by atoms with Crippen molar-refractivity contribution in [2.45, 2.75) is 19.0 Å². The second-order valence-electron chi connectivity index (χ2n) is 4.97. The van der Waals surface area contributed by atoms with Gasteiger partial charge in [-0.05, 0) is 18.6 Å². The number of carbonyl (C=O) groups excluding carboxylic acids is 1. The van der Waals surface area contributed by atoms with Crippen LogP contribution < -0.4 is 21.7 Å². The van der Waals surface area contributed by atoms with Crippen LogP contribution in [0.4, 0.5) is 10.9 Å². The van der Waals surface area contributed by atoms with Gasteiger partial charge in [-0.1, -0.05) is 11.3 Å². The predicted octanol–water partition coefficient (Wildman–Crippen LogP) is 0.786. The van der Waals surface area contributed by atoms with Gasteiger partial charge in [0.2, 0.25) is 0 Å². The van der Waals surface area contributed by atoms with Crippen molar-refractivity contribution in [3.8, 4) is 0 Å². The fourth-order valence-electron chi connectivity index (χ4n) is 2.24. The fraction of sp³-hybridized carbons (Fsp3) is 0.385. The van der Waals surface area contributed by atoms with Gasteiger partial charge in [0.05, 0.1) is 12.8 Å². The van der Waals surface area contributed by atoms with Crippen molar-refractivity contribution in [1.29, 1.82) is 0 Å². The Hall–Kier alpha value is -2.06. The molecule has 0 saturated carbocycles. The zero-order chi connectivity index (χ0) is 14.8. The molecule has 2 aromatic rings. The van der Waals surface area contributed by atoms with Gasteiger partial charge in [0.1, 0.15) is 16.5 Å². The largest absolute Gasteiger partial charge is 0.467 e. The molecule has 1 atom stereocenters. The molecule has 112 valence electrons. The third-order valence-corrected chi connectivity index (χ3v) is 4.48. The number of nitrogens with zero attached hydrogens (tertiary/aromatic N) is 2. The summed E-state index contributed by atoms with van der Waals surface area (Å²) in [5.41, 5.74) is 11.7. The maximum Gasteiger partial charge on any atom is 0.265 e. The van der Waals surface area contributed by atoms with Crippen molar-refractivity contribution in [3.05, 3.63) is 29.0 Å². The normalized spacial score (nSPS) is 18.1. The zero-order valence-corrected chi connectivity index (χ0v) is 12.2. The van der Waals surface area contributed by atoms with Crippen LogP contribution in [0.1, 0.15) is 21.9 Å². The smallest absolute Gasteiger partial charge is 0.265 e. The van der Waals surface area contributed by atoms with E-state index in [1.54, 1.807) is 18.4 Å². The summed E-state index contributed by atoms with van der Waals surface area (Å²) in [6.45, 7) is 1.93. The summed E-state index contributed by atoms with van der Waals surface area (Å²) in [7, 11) is 0. The molecule has 1 aliphatic heterocycles. The van der Waals surface area contributed by atoms with E-state index in [0.29, 0.717) is 17.2 Å². The number of hydrogen-bond donors (Lipinski definition) is 3. The fourth-order valence-corrected chi connectivity index (χ4v) is 3.18. The number of aromatic nitrogens is 1. The molecule has 0 spiro atoms. The zero-order valence-electron chi connectivity index (χ0n) is 11.4. The lowest BCUT2D eigenvalue weighted by atomic mass is 10.3. The highest BCUT2D eigenvalue weighted by atomic mass is 32.1. The van der Waals surface area contributed by atoms with Gasteiger partial charge in [-0.3, -0.25) is 4.79 Å². The summed E-state index contributed by atoms with van der Waals surface area (Å²) in [6.07, 6.45) is 2.50. The average molecular weight is 307 g/mol. The first-order valence-electron chi connectivity index (χ1n) is 6.71. The molecule has 2 aromatic heterocycles. The highest BCUT2D eigenvalue weighted by Gasteiger charge is 2.24. The minimum Gasteiger partial charge on any atom is -0.467 e. The highest BCUT2D eigenvalue weighted by molar-refractivity contribution is 7.18. The quantitative estimate of drug-likeness (QED) is 0.770. The molecule has 1 unspecified atom stereocenters. The van der Waals surface area contributed by atoms with E-state index >= 15 is 0 Å². The number of rotatable bonds is 4. The Labute approximate surface area is 125 Å². The van der Waals surface area contributed by atoms with E-state index in [1.165, 1.54) is 11.3 Å². The van der Waals surface area contributed by atoms with Crippen LogP contribution in [0.15, 0.2) is 22.8 Å². The summed E-state index contributed by atoms with van der Waals surface area (Å²) in [4.78, 5) is 18.9. The van der Waals surface area contributed by atoms with Crippen molar-refractivity contribution >= 4 is 28.2 Å². The highest BCUT2D eigenvalue weighted by Crippen LogP contribution is 2.30. The van der Waals surface area contributed by atoms with Crippen molar-refractivity contribution in [2.75, 3.05) is 23.7 Å². The number of anilines is 2. The van der Waals surface area contributed by atoms with Crippen LogP contribution in [-0.4, -0.2) is 30.0 Å². The molecule has 0 aliphatic carbocycles. The van der Waals surface area contributed by atoms with Crippen molar-refractivity contribution in [3.63, 3.8) is 0 Å². The minimum absolute atomic E-state index is 0.159. The molecule has 0 aromatic carbocycles. The van der Waals surface area contributed by atoms with Gasteiger partial charge in [0.15, 0.2) is 5.13 Å². The monoisotopic (exact) mass is 307 g/mol. The van der Waals surface area contributed by atoms with Gasteiger partial charge in [-0.15, -0.1) is 0 Å². The predicted molar refractivity (Wildman–Crippen MR) is 81.2 cm³/mol. The number of nitrogens with one attached hydrogen (secondary N) is 1. The maximum atomic E-state index is 12.1. The molecule has 1 fully saturated rings. The van der Waals surface area contributed by atoms with Crippen LogP contribution in [0, 0.1) is 0 Å². The molecule has 0 bridgehead atoms. The van der Waals surface area contributed by atoms with Gasteiger partial charge in [-0.2, -0.15) is 0 Å². The number of amides is 1. The summed E-state index contributed by atoms with van der Waals surface area (Å²) < 4.78 is 5.17. The summed E-state index contributed by atoms with van der Waals surface area (Å²) in [5, 5.41) is 3.52. The molecule has 1 amide bonds. The molecule has 8 heteroatoms. The number of hydrogen-bond acceptors (Lipinski definition) is 7. The number of thiazole rings is 1.